The van der Waals surface area contributed by atoms with E-state index in [1.54, 1.807) is 12.1 Å². The average Bonchev–Trinajstić information content (AvgIpc) is 2.23. The number of nitrogens with zero attached hydrogens (tertiary/aromatic N) is 3. The van der Waals surface area contributed by atoms with Crippen LogP contribution in [-0.2, 0) is 6.42 Å². The van der Waals surface area contributed by atoms with Crippen LogP contribution in [0.1, 0.15) is 5.56 Å². The first-order valence-electron chi connectivity index (χ1n) is 5.64. The molecule has 1 aromatic carbocycles. The van der Waals surface area contributed by atoms with Crippen molar-refractivity contribution in [3.63, 3.8) is 0 Å². The Morgan fingerprint density at radius 3 is 2.35 bits per heavy atom. The van der Waals surface area contributed by atoms with Gasteiger partial charge in [-0.1, -0.05) is 12.1 Å². The Kier molecular flexibility index (Phi) is 4.94. The molecule has 0 aliphatic carbocycles. The Morgan fingerprint density at radius 1 is 1.18 bits per heavy atom. The van der Waals surface area contributed by atoms with E-state index in [2.05, 4.69) is 4.99 Å². The molecule has 4 heteroatoms. The summed E-state index contributed by atoms with van der Waals surface area (Å²) >= 11 is 0. The molecule has 0 aliphatic rings. The zero-order valence-electron chi connectivity index (χ0n) is 10.9. The van der Waals surface area contributed by atoms with Gasteiger partial charge in [0, 0.05) is 34.7 Å². The van der Waals surface area contributed by atoms with Crippen LogP contribution in [0.2, 0.25) is 0 Å². The molecule has 0 radical (unpaired) electrons. The van der Waals surface area contributed by atoms with Gasteiger partial charge in [-0.2, -0.15) is 0 Å². The Labute approximate surface area is 103 Å². The zero-order chi connectivity index (χ0) is 12.8. The smallest absolute Gasteiger partial charge is 0.195 e. The molecule has 0 spiro atoms. The minimum atomic E-state index is -0.188. The quantitative estimate of drug-likeness (QED) is 0.590. The van der Waals surface area contributed by atoms with Crippen LogP contribution in [0, 0.1) is 5.82 Å². The van der Waals surface area contributed by atoms with Crippen LogP contribution in [0.4, 0.5) is 4.39 Å². The van der Waals surface area contributed by atoms with Crippen molar-refractivity contribution >= 4 is 5.96 Å². The lowest BCUT2D eigenvalue weighted by Crippen LogP contribution is -2.35. The zero-order valence-corrected chi connectivity index (χ0v) is 10.9. The van der Waals surface area contributed by atoms with Crippen molar-refractivity contribution in [1.29, 1.82) is 0 Å². The molecular formula is C13H20FN3. The molecule has 0 aliphatic heterocycles. The molecule has 0 fully saturated rings. The third-order valence-corrected chi connectivity index (χ3v) is 2.34. The Bertz CT molecular complexity index is 376. The number of hydrogen-bond acceptors (Lipinski definition) is 1. The molecule has 0 saturated heterocycles. The lowest BCUT2D eigenvalue weighted by molar-refractivity contribution is 0.479. The molecule has 1 aromatic rings. The van der Waals surface area contributed by atoms with Crippen LogP contribution in [0.5, 0.6) is 0 Å². The first kappa shape index (κ1) is 13.5. The van der Waals surface area contributed by atoms with Gasteiger partial charge in [-0.05, 0) is 24.1 Å². The van der Waals surface area contributed by atoms with Crippen molar-refractivity contribution in [2.75, 3.05) is 34.7 Å². The van der Waals surface area contributed by atoms with Gasteiger partial charge in [-0.3, -0.25) is 4.99 Å². The molecule has 0 saturated carbocycles. The van der Waals surface area contributed by atoms with Gasteiger partial charge in [0.1, 0.15) is 5.82 Å². The fourth-order valence-corrected chi connectivity index (χ4v) is 1.66. The summed E-state index contributed by atoms with van der Waals surface area (Å²) in [4.78, 5) is 8.42. The number of rotatable bonds is 3. The Morgan fingerprint density at radius 2 is 1.82 bits per heavy atom. The largest absolute Gasteiger partial charge is 0.349 e. The highest BCUT2D eigenvalue weighted by Gasteiger charge is 2.03. The third-order valence-electron chi connectivity index (χ3n) is 2.34. The van der Waals surface area contributed by atoms with E-state index in [0.717, 1.165) is 17.9 Å². The highest BCUT2D eigenvalue weighted by molar-refractivity contribution is 5.79. The van der Waals surface area contributed by atoms with Gasteiger partial charge in [-0.15, -0.1) is 0 Å². The number of aliphatic imine (C=N–C) groups is 1. The van der Waals surface area contributed by atoms with Crippen molar-refractivity contribution in [3.8, 4) is 0 Å². The van der Waals surface area contributed by atoms with E-state index < -0.39 is 0 Å². The molecule has 0 unspecified atom stereocenters. The van der Waals surface area contributed by atoms with Gasteiger partial charge < -0.3 is 9.80 Å². The minimum absolute atomic E-state index is 0.188. The summed E-state index contributed by atoms with van der Waals surface area (Å²) in [6.45, 7) is 0.662. The molecule has 0 aromatic heterocycles. The van der Waals surface area contributed by atoms with E-state index in [1.807, 2.05) is 44.1 Å². The van der Waals surface area contributed by atoms with Crippen molar-refractivity contribution in [3.05, 3.63) is 35.6 Å². The molecule has 94 valence electrons. The summed E-state index contributed by atoms with van der Waals surface area (Å²) in [7, 11) is 7.84. The lowest BCUT2D eigenvalue weighted by Gasteiger charge is -2.22. The highest BCUT2D eigenvalue weighted by Crippen LogP contribution is 2.04. The van der Waals surface area contributed by atoms with Crippen LogP contribution >= 0.6 is 0 Å². The average molecular weight is 237 g/mol. The summed E-state index contributed by atoms with van der Waals surface area (Å²) in [5.74, 6) is 0.730. The van der Waals surface area contributed by atoms with Gasteiger partial charge in [0.2, 0.25) is 0 Å². The Hall–Kier alpha value is -1.58. The van der Waals surface area contributed by atoms with Gasteiger partial charge in [0.15, 0.2) is 5.96 Å². The molecule has 1 rings (SSSR count). The fraction of sp³-hybridized carbons (Fsp3) is 0.462. The molecule has 0 atom stereocenters. The lowest BCUT2D eigenvalue weighted by atomic mass is 10.1. The number of benzene rings is 1. The second-order valence-electron chi connectivity index (χ2n) is 4.35. The van der Waals surface area contributed by atoms with Gasteiger partial charge in [0.05, 0.1) is 0 Å². The molecule has 0 amide bonds. The van der Waals surface area contributed by atoms with Crippen LogP contribution in [0.15, 0.2) is 29.3 Å². The van der Waals surface area contributed by atoms with E-state index in [4.69, 9.17) is 0 Å². The SMILES string of the molecule is CN(C)C(=NCCc1cccc(F)c1)N(C)C. The van der Waals surface area contributed by atoms with Crippen LogP contribution in [-0.4, -0.2) is 50.5 Å². The maximum atomic E-state index is 13.0. The van der Waals surface area contributed by atoms with E-state index in [9.17, 15) is 4.39 Å². The number of hydrogen-bond donors (Lipinski definition) is 0. The number of guanidine groups is 1. The monoisotopic (exact) mass is 237 g/mol. The first-order chi connectivity index (χ1) is 8.00. The summed E-state index contributed by atoms with van der Waals surface area (Å²) < 4.78 is 13.0. The second kappa shape index (κ2) is 6.23. The van der Waals surface area contributed by atoms with E-state index in [0.29, 0.717) is 6.54 Å². The van der Waals surface area contributed by atoms with E-state index in [1.165, 1.54) is 6.07 Å². The van der Waals surface area contributed by atoms with Gasteiger partial charge in [0.25, 0.3) is 0 Å². The maximum absolute atomic E-state index is 13.0. The molecule has 17 heavy (non-hydrogen) atoms. The maximum Gasteiger partial charge on any atom is 0.195 e. The molecule has 0 N–H and O–H groups in total. The van der Waals surface area contributed by atoms with Crippen LogP contribution < -0.4 is 0 Å². The molecule has 3 nitrogen and oxygen atoms in total. The third kappa shape index (κ3) is 4.43. The molecule has 0 bridgehead atoms. The predicted molar refractivity (Wildman–Crippen MR) is 69.8 cm³/mol. The normalized spacial score (nSPS) is 9.94. The second-order valence-corrected chi connectivity index (χ2v) is 4.35. The minimum Gasteiger partial charge on any atom is -0.349 e. The van der Waals surface area contributed by atoms with Crippen molar-refractivity contribution in [1.82, 2.24) is 9.80 Å². The topological polar surface area (TPSA) is 18.8 Å². The van der Waals surface area contributed by atoms with Crippen LogP contribution in [0.3, 0.4) is 0 Å². The predicted octanol–water partition coefficient (Wildman–Crippen LogP) is 1.85. The molecular weight excluding hydrogens is 217 g/mol. The van der Waals surface area contributed by atoms with Crippen molar-refractivity contribution < 1.29 is 4.39 Å². The Balaban J connectivity index is 2.59. The summed E-state index contributed by atoms with van der Waals surface area (Å²) in [6, 6.07) is 6.66. The first-order valence-corrected chi connectivity index (χ1v) is 5.64. The van der Waals surface area contributed by atoms with Gasteiger partial charge >= 0.3 is 0 Å². The van der Waals surface area contributed by atoms with E-state index >= 15 is 0 Å². The summed E-state index contributed by atoms with van der Waals surface area (Å²) in [5.41, 5.74) is 0.977. The van der Waals surface area contributed by atoms with Gasteiger partial charge in [-0.25, -0.2) is 4.39 Å². The highest BCUT2D eigenvalue weighted by atomic mass is 19.1. The van der Waals surface area contributed by atoms with Crippen molar-refractivity contribution in [2.45, 2.75) is 6.42 Å². The van der Waals surface area contributed by atoms with Crippen molar-refractivity contribution in [2.24, 2.45) is 4.99 Å². The number of halogens is 1. The summed E-state index contributed by atoms with van der Waals surface area (Å²) in [6.07, 6.45) is 0.753. The fourth-order valence-electron chi connectivity index (χ4n) is 1.66. The summed E-state index contributed by atoms with van der Waals surface area (Å²) in [5, 5.41) is 0. The van der Waals surface area contributed by atoms with Crippen LogP contribution in [0.25, 0.3) is 0 Å². The molecule has 0 heterocycles. The standard InChI is InChI=1S/C13H20FN3/c1-16(2)13(17(3)4)15-9-8-11-6-5-7-12(14)10-11/h5-7,10H,8-9H2,1-4H3. The van der Waals surface area contributed by atoms with E-state index in [-0.39, 0.29) is 5.82 Å².